The fraction of sp³-hybridized carbons (Fsp3) is 0.222. The van der Waals surface area contributed by atoms with Crippen molar-refractivity contribution < 1.29 is 0 Å². The van der Waals surface area contributed by atoms with Crippen molar-refractivity contribution in [2.24, 2.45) is 0 Å². The molecule has 0 aliphatic heterocycles. The first-order valence-corrected chi connectivity index (χ1v) is 5.45. The molecule has 0 saturated carbocycles. The van der Waals surface area contributed by atoms with E-state index >= 15 is 0 Å². The number of benzene rings is 1. The minimum absolute atomic E-state index is 0.589. The van der Waals surface area contributed by atoms with Crippen LogP contribution in [0.1, 0.15) is 12.5 Å². The van der Waals surface area contributed by atoms with E-state index in [-0.39, 0.29) is 0 Å². The SMILES string of the molecule is CC(=N)SCc1ccc(Cl)cc1Cl. The van der Waals surface area contributed by atoms with Crippen molar-refractivity contribution in [2.45, 2.75) is 12.7 Å². The van der Waals surface area contributed by atoms with Crippen molar-refractivity contribution in [3.8, 4) is 0 Å². The minimum atomic E-state index is 0.589. The van der Waals surface area contributed by atoms with Gasteiger partial charge in [0, 0.05) is 15.8 Å². The Kier molecular flexibility index (Phi) is 4.10. The summed E-state index contributed by atoms with van der Waals surface area (Å²) in [6.07, 6.45) is 0. The van der Waals surface area contributed by atoms with Gasteiger partial charge in [0.2, 0.25) is 0 Å². The van der Waals surface area contributed by atoms with Crippen LogP contribution in [0.15, 0.2) is 18.2 Å². The lowest BCUT2D eigenvalue weighted by Crippen LogP contribution is -1.86. The monoisotopic (exact) mass is 233 g/mol. The summed E-state index contributed by atoms with van der Waals surface area (Å²) in [5.41, 5.74) is 1.02. The number of hydrogen-bond donors (Lipinski definition) is 1. The Labute approximate surface area is 91.9 Å². The van der Waals surface area contributed by atoms with Crippen LogP contribution in [-0.2, 0) is 5.75 Å². The smallest absolute Gasteiger partial charge is 0.0613 e. The molecule has 0 amide bonds. The molecule has 1 aromatic rings. The second kappa shape index (κ2) is 4.89. The molecule has 4 heteroatoms. The van der Waals surface area contributed by atoms with E-state index in [1.54, 1.807) is 13.0 Å². The number of nitrogens with one attached hydrogen (secondary N) is 1. The average molecular weight is 234 g/mol. The number of hydrogen-bond acceptors (Lipinski definition) is 2. The van der Waals surface area contributed by atoms with Crippen LogP contribution in [0.4, 0.5) is 0 Å². The van der Waals surface area contributed by atoms with Crippen molar-refractivity contribution in [1.29, 1.82) is 5.41 Å². The summed E-state index contributed by atoms with van der Waals surface area (Å²) in [6, 6.07) is 5.42. The summed E-state index contributed by atoms with van der Waals surface area (Å²) in [4.78, 5) is 0. The van der Waals surface area contributed by atoms with E-state index in [9.17, 15) is 0 Å². The predicted molar refractivity (Wildman–Crippen MR) is 61.2 cm³/mol. The van der Waals surface area contributed by atoms with Gasteiger partial charge in [0.1, 0.15) is 0 Å². The standard InChI is InChI=1S/C9H9Cl2NS/c1-6(12)13-5-7-2-3-8(10)4-9(7)11/h2-4,12H,5H2,1H3. The maximum absolute atomic E-state index is 7.25. The first-order chi connectivity index (χ1) is 6.09. The van der Waals surface area contributed by atoms with Crippen molar-refractivity contribution in [2.75, 3.05) is 0 Å². The fourth-order valence-corrected chi connectivity index (χ4v) is 2.00. The zero-order valence-corrected chi connectivity index (χ0v) is 9.43. The fourth-order valence-electron chi connectivity index (χ4n) is 0.825. The molecule has 70 valence electrons. The molecule has 0 radical (unpaired) electrons. The molecule has 0 fully saturated rings. The third kappa shape index (κ3) is 3.59. The Morgan fingerprint density at radius 2 is 2.15 bits per heavy atom. The molecule has 0 unspecified atom stereocenters. The van der Waals surface area contributed by atoms with Gasteiger partial charge in [0.25, 0.3) is 0 Å². The summed E-state index contributed by atoms with van der Waals surface area (Å²) in [5.74, 6) is 0.728. The Morgan fingerprint density at radius 3 is 2.69 bits per heavy atom. The van der Waals surface area contributed by atoms with Crippen LogP contribution in [0, 0.1) is 5.41 Å². The number of halogens is 2. The topological polar surface area (TPSA) is 23.9 Å². The maximum atomic E-state index is 7.25. The van der Waals surface area contributed by atoms with Gasteiger partial charge < -0.3 is 0 Å². The van der Waals surface area contributed by atoms with Crippen molar-refractivity contribution >= 4 is 40.0 Å². The molecule has 0 aliphatic rings. The molecular weight excluding hydrogens is 225 g/mol. The van der Waals surface area contributed by atoms with Gasteiger partial charge in [-0.2, -0.15) is 0 Å². The molecule has 0 aliphatic carbocycles. The van der Waals surface area contributed by atoms with E-state index < -0.39 is 0 Å². The molecule has 1 rings (SSSR count). The van der Waals surface area contributed by atoms with Gasteiger partial charge in [0.05, 0.1) is 5.04 Å². The predicted octanol–water partition coefficient (Wildman–Crippen LogP) is 4.22. The maximum Gasteiger partial charge on any atom is 0.0613 e. The Balaban J connectivity index is 2.72. The number of thioether (sulfide) groups is 1. The first-order valence-electron chi connectivity index (χ1n) is 3.71. The lowest BCUT2D eigenvalue weighted by atomic mass is 10.2. The molecule has 1 nitrogen and oxygen atoms in total. The van der Waals surface area contributed by atoms with Crippen LogP contribution in [0.25, 0.3) is 0 Å². The molecule has 0 spiro atoms. The Morgan fingerprint density at radius 1 is 1.46 bits per heavy atom. The highest BCUT2D eigenvalue weighted by Crippen LogP contribution is 2.24. The van der Waals surface area contributed by atoms with Crippen LogP contribution < -0.4 is 0 Å². The second-order valence-electron chi connectivity index (χ2n) is 2.58. The summed E-state index contributed by atoms with van der Waals surface area (Å²) in [6.45, 7) is 1.76. The van der Waals surface area contributed by atoms with Gasteiger partial charge in [-0.15, -0.1) is 11.8 Å². The summed E-state index contributed by atoms with van der Waals surface area (Å²) >= 11 is 13.2. The van der Waals surface area contributed by atoms with Crippen LogP contribution in [0.3, 0.4) is 0 Å². The van der Waals surface area contributed by atoms with Gasteiger partial charge in [-0.05, 0) is 24.6 Å². The van der Waals surface area contributed by atoms with Crippen molar-refractivity contribution in [1.82, 2.24) is 0 Å². The zero-order valence-electron chi connectivity index (χ0n) is 7.10. The molecular formula is C9H9Cl2NS. The molecule has 0 heterocycles. The second-order valence-corrected chi connectivity index (χ2v) is 4.61. The van der Waals surface area contributed by atoms with Gasteiger partial charge in [-0.3, -0.25) is 5.41 Å². The van der Waals surface area contributed by atoms with E-state index in [0.29, 0.717) is 15.1 Å². The molecule has 13 heavy (non-hydrogen) atoms. The van der Waals surface area contributed by atoms with Crippen LogP contribution >= 0.6 is 35.0 Å². The molecule has 0 atom stereocenters. The van der Waals surface area contributed by atoms with E-state index in [2.05, 4.69) is 0 Å². The van der Waals surface area contributed by atoms with E-state index in [0.717, 1.165) is 11.3 Å². The molecule has 1 aromatic carbocycles. The minimum Gasteiger partial charge on any atom is -0.299 e. The van der Waals surface area contributed by atoms with Gasteiger partial charge >= 0.3 is 0 Å². The van der Waals surface area contributed by atoms with Crippen LogP contribution in [-0.4, -0.2) is 5.04 Å². The quantitative estimate of drug-likeness (QED) is 0.601. The van der Waals surface area contributed by atoms with Crippen LogP contribution in [0.5, 0.6) is 0 Å². The van der Waals surface area contributed by atoms with E-state index in [4.69, 9.17) is 28.6 Å². The Bertz CT molecular complexity index is 325. The highest BCUT2D eigenvalue weighted by atomic mass is 35.5. The highest BCUT2D eigenvalue weighted by Gasteiger charge is 2.01. The largest absolute Gasteiger partial charge is 0.299 e. The van der Waals surface area contributed by atoms with E-state index in [1.165, 1.54) is 11.8 Å². The highest BCUT2D eigenvalue weighted by molar-refractivity contribution is 8.13. The lowest BCUT2D eigenvalue weighted by Gasteiger charge is -2.03. The average Bonchev–Trinajstić information content (AvgIpc) is 2.02. The first kappa shape index (κ1) is 10.9. The van der Waals surface area contributed by atoms with Gasteiger partial charge in [0.15, 0.2) is 0 Å². The van der Waals surface area contributed by atoms with Crippen molar-refractivity contribution in [3.05, 3.63) is 33.8 Å². The summed E-state index contributed by atoms with van der Waals surface area (Å²) in [7, 11) is 0. The zero-order chi connectivity index (χ0) is 9.84. The summed E-state index contributed by atoms with van der Waals surface area (Å²) in [5, 5.41) is 9.15. The van der Waals surface area contributed by atoms with E-state index in [1.807, 2.05) is 12.1 Å². The van der Waals surface area contributed by atoms with Crippen molar-refractivity contribution in [3.63, 3.8) is 0 Å². The molecule has 0 saturated heterocycles. The third-order valence-electron chi connectivity index (χ3n) is 1.46. The lowest BCUT2D eigenvalue weighted by molar-refractivity contribution is 1.42. The third-order valence-corrected chi connectivity index (χ3v) is 2.93. The normalized spacial score (nSPS) is 10.1. The number of rotatable bonds is 2. The summed E-state index contributed by atoms with van der Waals surface area (Å²) < 4.78 is 0. The molecule has 0 aromatic heterocycles. The van der Waals surface area contributed by atoms with Gasteiger partial charge in [-0.25, -0.2) is 0 Å². The van der Waals surface area contributed by atoms with Crippen LogP contribution in [0.2, 0.25) is 10.0 Å². The van der Waals surface area contributed by atoms with Gasteiger partial charge in [-0.1, -0.05) is 29.3 Å². The molecule has 0 bridgehead atoms. The molecule has 1 N–H and O–H groups in total. The Hall–Kier alpha value is -0.180.